The lowest BCUT2D eigenvalue weighted by molar-refractivity contribution is 0.0696. The van der Waals surface area contributed by atoms with E-state index in [0.717, 1.165) is 5.56 Å². The Morgan fingerprint density at radius 2 is 1.71 bits per heavy atom. The smallest absolute Gasteiger partial charge is 0.335 e. The molecule has 0 aliphatic carbocycles. The van der Waals surface area contributed by atoms with E-state index in [1.54, 1.807) is 25.1 Å². The topological polar surface area (TPSA) is 90.2 Å². The molecule has 0 heterocycles. The number of carboxylic acids is 1. The molecule has 0 radical (unpaired) electrons. The van der Waals surface area contributed by atoms with Gasteiger partial charge in [-0.15, -0.1) is 0 Å². The first-order valence-corrected chi connectivity index (χ1v) is 6.17. The van der Waals surface area contributed by atoms with Gasteiger partial charge in [0.05, 0.1) is 16.8 Å². The summed E-state index contributed by atoms with van der Waals surface area (Å²) in [5.74, 6) is -1.44. The van der Waals surface area contributed by atoms with Gasteiger partial charge < -0.3 is 10.4 Å². The van der Waals surface area contributed by atoms with E-state index in [-0.39, 0.29) is 5.56 Å². The fraction of sp³-hybridized carbons (Fsp3) is 0.0625. The molecule has 21 heavy (non-hydrogen) atoms. The van der Waals surface area contributed by atoms with Crippen molar-refractivity contribution in [1.82, 2.24) is 0 Å². The number of aromatic carboxylic acids is 1. The molecule has 0 unspecified atom stereocenters. The highest BCUT2D eigenvalue weighted by molar-refractivity contribution is 6.05. The molecular weight excluding hydrogens is 268 g/mol. The number of amides is 1. The number of nitriles is 1. The second-order valence-electron chi connectivity index (χ2n) is 4.45. The summed E-state index contributed by atoms with van der Waals surface area (Å²) in [5.41, 5.74) is 2.06. The van der Waals surface area contributed by atoms with Crippen LogP contribution in [0, 0.1) is 18.3 Å². The van der Waals surface area contributed by atoms with Crippen LogP contribution in [0.15, 0.2) is 42.5 Å². The van der Waals surface area contributed by atoms with Crippen LogP contribution in [0.3, 0.4) is 0 Å². The Morgan fingerprint density at radius 1 is 1.10 bits per heavy atom. The highest BCUT2D eigenvalue weighted by atomic mass is 16.4. The highest BCUT2D eigenvalue weighted by Gasteiger charge is 2.11. The molecule has 0 saturated heterocycles. The molecule has 0 spiro atoms. The third-order valence-electron chi connectivity index (χ3n) is 3.03. The molecule has 0 bridgehead atoms. The Morgan fingerprint density at radius 3 is 2.29 bits per heavy atom. The quantitative estimate of drug-likeness (QED) is 0.904. The molecule has 104 valence electrons. The Hall–Kier alpha value is -3.13. The Labute approximate surface area is 121 Å². The summed E-state index contributed by atoms with van der Waals surface area (Å²) >= 11 is 0. The summed E-state index contributed by atoms with van der Waals surface area (Å²) in [4.78, 5) is 22.9. The Balaban J connectivity index is 2.25. The maximum Gasteiger partial charge on any atom is 0.335 e. The molecule has 1 amide bonds. The lowest BCUT2D eigenvalue weighted by atomic mass is 10.1. The maximum absolute atomic E-state index is 12.1. The molecule has 5 nitrogen and oxygen atoms in total. The third-order valence-corrected chi connectivity index (χ3v) is 3.03. The fourth-order valence-corrected chi connectivity index (χ4v) is 1.88. The van der Waals surface area contributed by atoms with Gasteiger partial charge in [-0.05, 0) is 42.8 Å². The number of hydrogen-bond donors (Lipinski definition) is 2. The number of rotatable bonds is 3. The average Bonchev–Trinajstić information content (AvgIpc) is 2.47. The molecule has 2 N–H and O–H groups in total. The first-order valence-electron chi connectivity index (χ1n) is 6.17. The van der Waals surface area contributed by atoms with Crippen molar-refractivity contribution in [2.24, 2.45) is 0 Å². The van der Waals surface area contributed by atoms with Crippen LogP contribution in [0.1, 0.15) is 31.8 Å². The van der Waals surface area contributed by atoms with Crippen molar-refractivity contribution < 1.29 is 14.7 Å². The molecule has 2 aromatic rings. The van der Waals surface area contributed by atoms with Crippen molar-refractivity contribution in [3.8, 4) is 6.07 Å². The number of hydrogen-bond acceptors (Lipinski definition) is 3. The molecule has 0 fully saturated rings. The van der Waals surface area contributed by atoms with E-state index in [1.807, 2.05) is 0 Å². The van der Waals surface area contributed by atoms with E-state index in [1.165, 1.54) is 24.3 Å². The van der Waals surface area contributed by atoms with Crippen molar-refractivity contribution in [2.45, 2.75) is 6.92 Å². The number of carbonyl (C=O) groups excluding carboxylic acids is 1. The van der Waals surface area contributed by atoms with E-state index >= 15 is 0 Å². The van der Waals surface area contributed by atoms with Gasteiger partial charge in [0.1, 0.15) is 6.07 Å². The zero-order valence-corrected chi connectivity index (χ0v) is 11.3. The predicted molar refractivity (Wildman–Crippen MR) is 77.2 cm³/mol. The normalized spacial score (nSPS) is 9.71. The molecule has 0 aliphatic heterocycles. The number of carbonyl (C=O) groups is 2. The molecule has 5 heteroatoms. The molecule has 0 saturated carbocycles. The lowest BCUT2D eigenvalue weighted by Gasteiger charge is -2.08. The second kappa shape index (κ2) is 5.88. The van der Waals surface area contributed by atoms with E-state index < -0.39 is 11.9 Å². The Kier molecular flexibility index (Phi) is 4.00. The average molecular weight is 280 g/mol. The highest BCUT2D eigenvalue weighted by Crippen LogP contribution is 2.19. The molecule has 2 aromatic carbocycles. The third kappa shape index (κ3) is 3.07. The molecule has 0 atom stereocenters. The standard InChI is InChI=1S/C16H12N2O3/c1-10-3-2-4-14(13(10)9-17)18-15(19)11-5-7-12(8-6-11)16(20)21/h2-8H,1H3,(H,18,19)(H,20,21). The van der Waals surface area contributed by atoms with Crippen molar-refractivity contribution in [3.05, 3.63) is 64.7 Å². The summed E-state index contributed by atoms with van der Waals surface area (Å²) in [7, 11) is 0. The van der Waals surface area contributed by atoms with E-state index in [0.29, 0.717) is 16.8 Å². The first-order chi connectivity index (χ1) is 10.0. The van der Waals surface area contributed by atoms with Crippen LogP contribution in [0.5, 0.6) is 0 Å². The number of nitrogens with zero attached hydrogens (tertiary/aromatic N) is 1. The van der Waals surface area contributed by atoms with Gasteiger partial charge in [-0.3, -0.25) is 4.79 Å². The van der Waals surface area contributed by atoms with Crippen molar-refractivity contribution in [2.75, 3.05) is 5.32 Å². The number of anilines is 1. The second-order valence-corrected chi connectivity index (χ2v) is 4.45. The fourth-order valence-electron chi connectivity index (χ4n) is 1.88. The summed E-state index contributed by atoms with van der Waals surface area (Å²) in [6, 6.07) is 12.8. The largest absolute Gasteiger partial charge is 0.478 e. The van der Waals surface area contributed by atoms with Gasteiger partial charge in [0, 0.05) is 5.56 Å². The number of carboxylic acid groups (broad SMARTS) is 1. The molecule has 2 rings (SSSR count). The zero-order valence-electron chi connectivity index (χ0n) is 11.3. The summed E-state index contributed by atoms with van der Waals surface area (Å²) in [5, 5.41) is 20.6. The monoisotopic (exact) mass is 280 g/mol. The lowest BCUT2D eigenvalue weighted by Crippen LogP contribution is -2.13. The zero-order chi connectivity index (χ0) is 15.4. The van der Waals surface area contributed by atoms with Crippen LogP contribution >= 0.6 is 0 Å². The van der Waals surface area contributed by atoms with Gasteiger partial charge in [0.15, 0.2) is 0 Å². The van der Waals surface area contributed by atoms with Crippen LogP contribution in [0.25, 0.3) is 0 Å². The van der Waals surface area contributed by atoms with E-state index in [2.05, 4.69) is 11.4 Å². The van der Waals surface area contributed by atoms with Crippen LogP contribution < -0.4 is 5.32 Å². The number of aryl methyl sites for hydroxylation is 1. The van der Waals surface area contributed by atoms with Crippen molar-refractivity contribution >= 4 is 17.6 Å². The minimum absolute atomic E-state index is 0.111. The van der Waals surface area contributed by atoms with Crippen LogP contribution in [0.2, 0.25) is 0 Å². The maximum atomic E-state index is 12.1. The van der Waals surface area contributed by atoms with Gasteiger partial charge in [-0.25, -0.2) is 4.79 Å². The van der Waals surface area contributed by atoms with Crippen LogP contribution in [-0.4, -0.2) is 17.0 Å². The summed E-state index contributed by atoms with van der Waals surface area (Å²) < 4.78 is 0. The number of nitrogens with one attached hydrogen (secondary N) is 1. The SMILES string of the molecule is Cc1cccc(NC(=O)c2ccc(C(=O)O)cc2)c1C#N. The van der Waals surface area contributed by atoms with Gasteiger partial charge in [0.25, 0.3) is 5.91 Å². The van der Waals surface area contributed by atoms with Crippen LogP contribution in [0.4, 0.5) is 5.69 Å². The van der Waals surface area contributed by atoms with Gasteiger partial charge >= 0.3 is 5.97 Å². The Bertz CT molecular complexity index is 743. The van der Waals surface area contributed by atoms with Crippen molar-refractivity contribution in [3.63, 3.8) is 0 Å². The van der Waals surface area contributed by atoms with E-state index in [4.69, 9.17) is 10.4 Å². The van der Waals surface area contributed by atoms with Crippen molar-refractivity contribution in [1.29, 1.82) is 5.26 Å². The minimum Gasteiger partial charge on any atom is -0.478 e. The van der Waals surface area contributed by atoms with E-state index in [9.17, 15) is 9.59 Å². The van der Waals surface area contributed by atoms with Gasteiger partial charge in [-0.2, -0.15) is 5.26 Å². The van der Waals surface area contributed by atoms with Crippen LogP contribution in [-0.2, 0) is 0 Å². The molecule has 0 aromatic heterocycles. The first kappa shape index (κ1) is 14.3. The molecule has 0 aliphatic rings. The predicted octanol–water partition coefficient (Wildman–Crippen LogP) is 2.82. The van der Waals surface area contributed by atoms with Gasteiger partial charge in [-0.1, -0.05) is 12.1 Å². The summed E-state index contributed by atoms with van der Waals surface area (Å²) in [6.07, 6.45) is 0. The molecular formula is C16H12N2O3. The summed E-state index contributed by atoms with van der Waals surface area (Å²) in [6.45, 7) is 1.79. The number of benzene rings is 2. The van der Waals surface area contributed by atoms with Gasteiger partial charge in [0.2, 0.25) is 0 Å². The minimum atomic E-state index is -1.05.